The molecule has 0 aliphatic carbocycles. The first kappa shape index (κ1) is 14.4. The maximum Gasteiger partial charge on any atom is 0.237 e. The van der Waals surface area contributed by atoms with Gasteiger partial charge in [-0.15, -0.1) is 10.2 Å². The minimum Gasteiger partial charge on any atom is -0.385 e. The number of nitrogens with two attached hydrogens (primary N) is 1. The molecule has 0 bridgehead atoms. The molecule has 20 heavy (non-hydrogen) atoms. The maximum absolute atomic E-state index is 11.9. The molecule has 2 aromatic heterocycles. The van der Waals surface area contributed by atoms with Crippen molar-refractivity contribution in [3.8, 4) is 0 Å². The highest BCUT2D eigenvalue weighted by molar-refractivity contribution is 5.81. The van der Waals surface area contributed by atoms with Gasteiger partial charge in [-0.3, -0.25) is 9.20 Å². The van der Waals surface area contributed by atoms with Crippen LogP contribution >= 0.6 is 0 Å². The fraction of sp³-hybridized carbons (Fsp3) is 0.462. The highest BCUT2D eigenvalue weighted by atomic mass is 16.5. The molecule has 0 saturated carbocycles. The van der Waals surface area contributed by atoms with Crippen molar-refractivity contribution in [2.24, 2.45) is 5.73 Å². The standard InChI is InChI=1S/C13H19N5O2/c1-9(15-13(19)10(14)6-8-20-2)12-17-16-11-5-3-4-7-18(11)12/h3-5,7,9-10H,6,8,14H2,1-2H3,(H,15,19). The van der Waals surface area contributed by atoms with Crippen molar-refractivity contribution in [3.63, 3.8) is 0 Å². The smallest absolute Gasteiger partial charge is 0.237 e. The summed E-state index contributed by atoms with van der Waals surface area (Å²) in [6.07, 6.45) is 2.34. The first-order valence-corrected chi connectivity index (χ1v) is 6.48. The van der Waals surface area contributed by atoms with E-state index in [0.29, 0.717) is 18.9 Å². The highest BCUT2D eigenvalue weighted by Crippen LogP contribution is 2.11. The minimum atomic E-state index is -0.586. The third-order valence-corrected chi connectivity index (χ3v) is 3.06. The molecule has 0 fully saturated rings. The molecule has 2 aromatic rings. The van der Waals surface area contributed by atoms with Crippen LogP contribution in [-0.2, 0) is 9.53 Å². The summed E-state index contributed by atoms with van der Waals surface area (Å²) in [7, 11) is 1.58. The zero-order chi connectivity index (χ0) is 14.5. The lowest BCUT2D eigenvalue weighted by Crippen LogP contribution is -2.42. The Bertz CT molecular complexity index is 583. The van der Waals surface area contributed by atoms with Crippen LogP contribution in [0.3, 0.4) is 0 Å². The number of fused-ring (bicyclic) bond motifs is 1. The summed E-state index contributed by atoms with van der Waals surface area (Å²) in [4.78, 5) is 11.9. The molecule has 7 heteroatoms. The number of amides is 1. The molecule has 2 atom stereocenters. The molecule has 0 spiro atoms. The Morgan fingerprint density at radius 2 is 2.30 bits per heavy atom. The SMILES string of the molecule is COCCC(N)C(=O)NC(C)c1nnc2ccccn12. The van der Waals surface area contributed by atoms with E-state index < -0.39 is 6.04 Å². The number of hydrogen-bond donors (Lipinski definition) is 2. The molecule has 2 heterocycles. The van der Waals surface area contributed by atoms with Crippen molar-refractivity contribution in [2.45, 2.75) is 25.4 Å². The molecule has 1 amide bonds. The van der Waals surface area contributed by atoms with E-state index >= 15 is 0 Å². The Labute approximate surface area is 117 Å². The number of methoxy groups -OCH3 is 1. The van der Waals surface area contributed by atoms with Crippen LogP contribution in [0.5, 0.6) is 0 Å². The molecule has 0 radical (unpaired) electrons. The van der Waals surface area contributed by atoms with Gasteiger partial charge in [0.05, 0.1) is 12.1 Å². The molecular weight excluding hydrogens is 258 g/mol. The lowest BCUT2D eigenvalue weighted by molar-refractivity contribution is -0.123. The third kappa shape index (κ3) is 3.12. The minimum absolute atomic E-state index is 0.220. The number of carbonyl (C=O) groups excluding carboxylic acids is 1. The third-order valence-electron chi connectivity index (χ3n) is 3.06. The van der Waals surface area contributed by atoms with E-state index in [1.54, 1.807) is 7.11 Å². The molecule has 2 rings (SSSR count). The second-order valence-corrected chi connectivity index (χ2v) is 4.61. The Hall–Kier alpha value is -1.99. The second kappa shape index (κ2) is 6.44. The quantitative estimate of drug-likeness (QED) is 0.790. The number of carbonyl (C=O) groups is 1. The summed E-state index contributed by atoms with van der Waals surface area (Å²) >= 11 is 0. The lowest BCUT2D eigenvalue weighted by Gasteiger charge is -2.16. The average Bonchev–Trinajstić information content (AvgIpc) is 2.88. The number of ether oxygens (including phenoxy) is 1. The number of pyridine rings is 1. The predicted molar refractivity (Wildman–Crippen MR) is 74.0 cm³/mol. The summed E-state index contributed by atoms with van der Waals surface area (Å²) in [5, 5.41) is 11.0. The molecule has 2 unspecified atom stereocenters. The van der Waals surface area contributed by atoms with Gasteiger partial charge in [-0.05, 0) is 25.5 Å². The monoisotopic (exact) mass is 277 g/mol. The van der Waals surface area contributed by atoms with E-state index in [9.17, 15) is 4.79 Å². The first-order chi connectivity index (χ1) is 9.63. The van der Waals surface area contributed by atoms with Gasteiger partial charge in [0.25, 0.3) is 0 Å². The lowest BCUT2D eigenvalue weighted by atomic mass is 10.2. The Morgan fingerprint density at radius 3 is 3.05 bits per heavy atom. The Balaban J connectivity index is 2.04. The largest absolute Gasteiger partial charge is 0.385 e. The van der Waals surface area contributed by atoms with Crippen LogP contribution in [0.15, 0.2) is 24.4 Å². The molecule has 0 aliphatic heterocycles. The van der Waals surface area contributed by atoms with Crippen molar-refractivity contribution >= 4 is 11.6 Å². The zero-order valence-corrected chi connectivity index (χ0v) is 11.6. The summed E-state index contributed by atoms with van der Waals surface area (Å²) in [5.74, 6) is 0.454. The van der Waals surface area contributed by atoms with Gasteiger partial charge in [0.15, 0.2) is 11.5 Å². The topological polar surface area (TPSA) is 94.5 Å². The van der Waals surface area contributed by atoms with Gasteiger partial charge >= 0.3 is 0 Å². The van der Waals surface area contributed by atoms with E-state index in [-0.39, 0.29) is 11.9 Å². The summed E-state index contributed by atoms with van der Waals surface area (Å²) in [6, 6.07) is 4.77. The van der Waals surface area contributed by atoms with Gasteiger partial charge in [0.2, 0.25) is 5.91 Å². The predicted octanol–water partition coefficient (Wildman–Crippen LogP) is 0.270. The van der Waals surface area contributed by atoms with E-state index in [4.69, 9.17) is 10.5 Å². The van der Waals surface area contributed by atoms with Crippen molar-refractivity contribution in [1.82, 2.24) is 19.9 Å². The number of nitrogens with zero attached hydrogens (tertiary/aromatic N) is 3. The van der Waals surface area contributed by atoms with Crippen LogP contribution < -0.4 is 11.1 Å². The average molecular weight is 277 g/mol. The molecule has 108 valence electrons. The summed E-state index contributed by atoms with van der Waals surface area (Å²) in [5.41, 5.74) is 6.53. The molecule has 0 aliphatic rings. The Kier molecular flexibility index (Phi) is 4.65. The van der Waals surface area contributed by atoms with Crippen LogP contribution in [0, 0.1) is 0 Å². The number of aromatic nitrogens is 3. The first-order valence-electron chi connectivity index (χ1n) is 6.48. The molecule has 0 aromatic carbocycles. The highest BCUT2D eigenvalue weighted by Gasteiger charge is 2.19. The number of hydrogen-bond acceptors (Lipinski definition) is 5. The summed E-state index contributed by atoms with van der Waals surface area (Å²) < 4.78 is 6.75. The van der Waals surface area contributed by atoms with Gasteiger partial charge in [-0.1, -0.05) is 6.07 Å². The van der Waals surface area contributed by atoms with Crippen LogP contribution in [0.1, 0.15) is 25.2 Å². The van der Waals surface area contributed by atoms with E-state index in [0.717, 1.165) is 5.65 Å². The molecule has 7 nitrogen and oxygen atoms in total. The maximum atomic E-state index is 11.9. The molecule has 0 saturated heterocycles. The summed E-state index contributed by atoms with van der Waals surface area (Å²) in [6.45, 7) is 2.31. The molecule has 3 N–H and O–H groups in total. The van der Waals surface area contributed by atoms with Crippen LogP contribution in [0.25, 0.3) is 5.65 Å². The zero-order valence-electron chi connectivity index (χ0n) is 11.6. The van der Waals surface area contributed by atoms with E-state index in [1.165, 1.54) is 0 Å². The van der Waals surface area contributed by atoms with Crippen molar-refractivity contribution in [2.75, 3.05) is 13.7 Å². The fourth-order valence-electron chi connectivity index (χ4n) is 1.92. The Morgan fingerprint density at radius 1 is 1.50 bits per heavy atom. The van der Waals surface area contributed by atoms with Crippen molar-refractivity contribution < 1.29 is 9.53 Å². The number of nitrogens with one attached hydrogen (secondary N) is 1. The van der Waals surface area contributed by atoms with Crippen LogP contribution in [-0.4, -0.2) is 40.3 Å². The van der Waals surface area contributed by atoms with Crippen molar-refractivity contribution in [1.29, 1.82) is 0 Å². The van der Waals surface area contributed by atoms with Crippen molar-refractivity contribution in [3.05, 3.63) is 30.2 Å². The van der Waals surface area contributed by atoms with Gasteiger partial charge in [-0.2, -0.15) is 0 Å². The van der Waals surface area contributed by atoms with Crippen LogP contribution in [0.4, 0.5) is 0 Å². The van der Waals surface area contributed by atoms with Gasteiger partial charge in [0, 0.05) is 19.9 Å². The normalized spacial score (nSPS) is 14.2. The number of rotatable bonds is 6. The van der Waals surface area contributed by atoms with Gasteiger partial charge in [-0.25, -0.2) is 0 Å². The van der Waals surface area contributed by atoms with Gasteiger partial charge < -0.3 is 15.8 Å². The van der Waals surface area contributed by atoms with E-state index in [2.05, 4.69) is 15.5 Å². The van der Waals surface area contributed by atoms with Crippen LogP contribution in [0.2, 0.25) is 0 Å². The van der Waals surface area contributed by atoms with Gasteiger partial charge in [0.1, 0.15) is 0 Å². The second-order valence-electron chi connectivity index (χ2n) is 4.61. The fourth-order valence-corrected chi connectivity index (χ4v) is 1.92. The molecular formula is C13H19N5O2. The van der Waals surface area contributed by atoms with E-state index in [1.807, 2.05) is 35.7 Å².